The first kappa shape index (κ1) is 18.8. The Labute approximate surface area is 147 Å². The molecule has 0 unspecified atom stereocenters. The van der Waals surface area contributed by atoms with Crippen molar-refractivity contribution >= 4 is 17.8 Å². The third kappa shape index (κ3) is 5.20. The second-order valence-electron chi connectivity index (χ2n) is 6.22. The van der Waals surface area contributed by atoms with Gasteiger partial charge in [0.25, 0.3) is 5.91 Å². The van der Waals surface area contributed by atoms with Crippen molar-refractivity contribution in [3.8, 4) is 5.75 Å². The second-order valence-corrected chi connectivity index (χ2v) is 6.22. The van der Waals surface area contributed by atoms with Gasteiger partial charge >= 0.3 is 5.97 Å². The predicted molar refractivity (Wildman–Crippen MR) is 90.9 cm³/mol. The van der Waals surface area contributed by atoms with Crippen LogP contribution in [0.4, 0.5) is 0 Å². The molecule has 136 valence electrons. The van der Waals surface area contributed by atoms with Gasteiger partial charge in [-0.2, -0.15) is 0 Å². The summed E-state index contributed by atoms with van der Waals surface area (Å²) in [4.78, 5) is 36.8. The Kier molecular flexibility index (Phi) is 6.38. The summed E-state index contributed by atoms with van der Waals surface area (Å²) in [6.45, 7) is 3.60. The normalized spacial score (nSPS) is 17.0. The fraction of sp³-hybridized carbons (Fsp3) is 0.500. The maximum Gasteiger partial charge on any atom is 0.344 e. The number of primary amides is 1. The molecular weight excluding hydrogens is 324 g/mol. The fourth-order valence-corrected chi connectivity index (χ4v) is 2.89. The summed E-state index contributed by atoms with van der Waals surface area (Å²) >= 11 is 0. The minimum absolute atomic E-state index is 0.281. The highest BCUT2D eigenvalue weighted by Gasteiger charge is 2.30. The minimum Gasteiger partial charge on any atom is -0.482 e. The summed E-state index contributed by atoms with van der Waals surface area (Å²) in [6.07, 6.45) is 2.20. The zero-order chi connectivity index (χ0) is 18.4. The Morgan fingerprint density at radius 2 is 1.96 bits per heavy atom. The van der Waals surface area contributed by atoms with E-state index in [2.05, 4.69) is 0 Å². The third-order valence-corrected chi connectivity index (χ3v) is 4.18. The van der Waals surface area contributed by atoms with Gasteiger partial charge < -0.3 is 20.1 Å². The molecule has 1 aliphatic rings. The Morgan fingerprint density at radius 1 is 1.20 bits per heavy atom. The SMILES string of the molecule is Cc1ccc(OCC(=O)OCC(=O)N2CCCC[C@H]2C(N)=O)c(C)c1. The summed E-state index contributed by atoms with van der Waals surface area (Å²) in [5.74, 6) is -0.986. The molecule has 0 spiro atoms. The number of carbonyl (C=O) groups is 3. The zero-order valence-corrected chi connectivity index (χ0v) is 14.6. The van der Waals surface area contributed by atoms with E-state index >= 15 is 0 Å². The summed E-state index contributed by atoms with van der Waals surface area (Å²) < 4.78 is 10.4. The monoisotopic (exact) mass is 348 g/mol. The van der Waals surface area contributed by atoms with Crippen LogP contribution >= 0.6 is 0 Å². The first-order valence-electron chi connectivity index (χ1n) is 8.33. The van der Waals surface area contributed by atoms with Crippen LogP contribution in [-0.2, 0) is 19.1 Å². The number of rotatable bonds is 6. The van der Waals surface area contributed by atoms with Crippen molar-refractivity contribution < 1.29 is 23.9 Å². The number of aryl methyl sites for hydroxylation is 2. The van der Waals surface area contributed by atoms with Gasteiger partial charge in [-0.15, -0.1) is 0 Å². The van der Waals surface area contributed by atoms with Gasteiger partial charge in [-0.05, 0) is 44.7 Å². The first-order valence-corrected chi connectivity index (χ1v) is 8.33. The molecule has 1 heterocycles. The number of hydrogen-bond acceptors (Lipinski definition) is 5. The Hall–Kier alpha value is -2.57. The van der Waals surface area contributed by atoms with Gasteiger partial charge in [-0.25, -0.2) is 4.79 Å². The smallest absolute Gasteiger partial charge is 0.344 e. The Morgan fingerprint density at radius 3 is 2.64 bits per heavy atom. The lowest BCUT2D eigenvalue weighted by Gasteiger charge is -2.33. The van der Waals surface area contributed by atoms with Gasteiger partial charge in [0.05, 0.1) is 0 Å². The quantitative estimate of drug-likeness (QED) is 0.776. The van der Waals surface area contributed by atoms with E-state index < -0.39 is 30.4 Å². The number of likely N-dealkylation sites (tertiary alicyclic amines) is 1. The first-order chi connectivity index (χ1) is 11.9. The molecule has 1 aliphatic heterocycles. The van der Waals surface area contributed by atoms with Crippen LogP contribution in [0.1, 0.15) is 30.4 Å². The summed E-state index contributed by atoms with van der Waals surface area (Å²) in [6, 6.07) is 5.00. The van der Waals surface area contributed by atoms with Crippen molar-refractivity contribution in [2.75, 3.05) is 19.8 Å². The van der Waals surface area contributed by atoms with Crippen molar-refractivity contribution in [1.29, 1.82) is 0 Å². The number of hydrogen-bond donors (Lipinski definition) is 1. The maximum atomic E-state index is 12.2. The van der Waals surface area contributed by atoms with Gasteiger partial charge in [-0.3, -0.25) is 9.59 Å². The molecule has 2 N–H and O–H groups in total. The van der Waals surface area contributed by atoms with Crippen LogP contribution in [0.25, 0.3) is 0 Å². The lowest BCUT2D eigenvalue weighted by atomic mass is 10.0. The van der Waals surface area contributed by atoms with Gasteiger partial charge in [0.2, 0.25) is 5.91 Å². The molecule has 1 aromatic carbocycles. The fourth-order valence-electron chi connectivity index (χ4n) is 2.89. The van der Waals surface area contributed by atoms with Crippen molar-refractivity contribution in [3.63, 3.8) is 0 Å². The maximum absolute atomic E-state index is 12.2. The van der Waals surface area contributed by atoms with Crippen LogP contribution < -0.4 is 10.5 Å². The van der Waals surface area contributed by atoms with E-state index in [1.165, 1.54) is 4.90 Å². The number of piperidine rings is 1. The number of ether oxygens (including phenoxy) is 2. The number of amides is 2. The molecule has 1 aromatic rings. The van der Waals surface area contributed by atoms with Crippen LogP contribution in [0.5, 0.6) is 5.75 Å². The molecule has 0 radical (unpaired) electrons. The second kappa shape index (κ2) is 8.50. The highest BCUT2D eigenvalue weighted by atomic mass is 16.6. The van der Waals surface area contributed by atoms with E-state index in [1.54, 1.807) is 6.07 Å². The van der Waals surface area contributed by atoms with Crippen molar-refractivity contribution in [1.82, 2.24) is 4.90 Å². The largest absolute Gasteiger partial charge is 0.482 e. The molecule has 1 fully saturated rings. The predicted octanol–water partition coefficient (Wildman–Crippen LogP) is 1.09. The summed E-state index contributed by atoms with van der Waals surface area (Å²) in [5.41, 5.74) is 7.35. The van der Waals surface area contributed by atoms with Gasteiger partial charge in [0, 0.05) is 6.54 Å². The van der Waals surface area contributed by atoms with E-state index in [0.29, 0.717) is 18.7 Å². The number of carbonyl (C=O) groups excluding carboxylic acids is 3. The zero-order valence-electron chi connectivity index (χ0n) is 14.6. The molecule has 1 saturated heterocycles. The van der Waals surface area contributed by atoms with Crippen molar-refractivity contribution in [2.24, 2.45) is 5.73 Å². The summed E-state index contributed by atoms with van der Waals surface area (Å²) in [5, 5.41) is 0. The molecule has 2 amide bonds. The van der Waals surface area contributed by atoms with Crippen molar-refractivity contribution in [2.45, 2.75) is 39.2 Å². The molecule has 7 nitrogen and oxygen atoms in total. The lowest BCUT2D eigenvalue weighted by Crippen LogP contribution is -2.51. The van der Waals surface area contributed by atoms with Crippen LogP contribution in [0.15, 0.2) is 18.2 Å². The molecule has 1 atom stereocenters. The Balaban J connectivity index is 1.80. The molecule has 25 heavy (non-hydrogen) atoms. The van der Waals surface area contributed by atoms with Gasteiger partial charge in [0.1, 0.15) is 11.8 Å². The molecule has 0 aliphatic carbocycles. The van der Waals surface area contributed by atoms with E-state index in [-0.39, 0.29) is 6.61 Å². The third-order valence-electron chi connectivity index (χ3n) is 4.18. The number of nitrogens with two attached hydrogens (primary N) is 1. The minimum atomic E-state index is -0.638. The highest BCUT2D eigenvalue weighted by molar-refractivity contribution is 5.88. The van der Waals surface area contributed by atoms with E-state index in [9.17, 15) is 14.4 Å². The van der Waals surface area contributed by atoms with Gasteiger partial charge in [0.15, 0.2) is 13.2 Å². The van der Waals surface area contributed by atoms with Gasteiger partial charge in [-0.1, -0.05) is 17.7 Å². The standard InChI is InChI=1S/C18H24N2O5/c1-12-6-7-15(13(2)9-12)24-11-17(22)25-10-16(21)20-8-4-3-5-14(20)18(19)23/h6-7,9,14H,3-5,8,10-11H2,1-2H3,(H2,19,23)/t14-/m0/s1. The van der Waals surface area contributed by atoms with E-state index in [1.807, 2.05) is 26.0 Å². The average Bonchev–Trinajstić information content (AvgIpc) is 2.58. The number of nitrogens with zero attached hydrogens (tertiary/aromatic N) is 1. The molecule has 0 aromatic heterocycles. The van der Waals surface area contributed by atoms with E-state index in [0.717, 1.165) is 24.0 Å². The Bertz CT molecular complexity index is 659. The highest BCUT2D eigenvalue weighted by Crippen LogP contribution is 2.19. The molecular formula is C18H24N2O5. The molecule has 7 heteroatoms. The summed E-state index contributed by atoms with van der Waals surface area (Å²) in [7, 11) is 0. The van der Waals surface area contributed by atoms with Crippen molar-refractivity contribution in [3.05, 3.63) is 29.3 Å². The molecule has 0 saturated carbocycles. The van der Waals surface area contributed by atoms with Crippen LogP contribution in [0.2, 0.25) is 0 Å². The van der Waals surface area contributed by atoms with Crippen LogP contribution in [-0.4, -0.2) is 48.5 Å². The van der Waals surface area contributed by atoms with Crippen LogP contribution in [0, 0.1) is 13.8 Å². The lowest BCUT2D eigenvalue weighted by molar-refractivity contribution is -0.156. The molecule has 2 rings (SSSR count). The number of benzene rings is 1. The average molecular weight is 348 g/mol. The molecule has 0 bridgehead atoms. The van der Waals surface area contributed by atoms with Crippen LogP contribution in [0.3, 0.4) is 0 Å². The number of esters is 1. The topological polar surface area (TPSA) is 98.9 Å². The van der Waals surface area contributed by atoms with E-state index in [4.69, 9.17) is 15.2 Å².